The molecule has 0 bridgehead atoms. The molecule has 0 radical (unpaired) electrons. The molecule has 2 aromatic rings. The van der Waals surface area contributed by atoms with E-state index < -0.39 is 0 Å². The lowest BCUT2D eigenvalue weighted by atomic mass is 10.1. The first kappa shape index (κ1) is 15.1. The maximum atomic E-state index is 5.20. The summed E-state index contributed by atoms with van der Waals surface area (Å²) in [6, 6.07) is 13.9. The minimum absolute atomic E-state index is 0.551. The molecule has 0 aliphatic carbocycles. The van der Waals surface area contributed by atoms with Gasteiger partial charge >= 0.3 is 0 Å². The van der Waals surface area contributed by atoms with E-state index in [1.807, 2.05) is 44.4 Å². The van der Waals surface area contributed by atoms with Crippen LogP contribution in [0.4, 0.5) is 0 Å². The van der Waals surface area contributed by atoms with Crippen LogP contribution in [0.2, 0.25) is 0 Å². The highest BCUT2D eigenvalue weighted by molar-refractivity contribution is 7.80. The van der Waals surface area contributed by atoms with Crippen molar-refractivity contribution in [1.82, 2.24) is 15.3 Å². The van der Waals surface area contributed by atoms with Crippen LogP contribution in [0.1, 0.15) is 16.8 Å². The van der Waals surface area contributed by atoms with E-state index >= 15 is 0 Å². The summed E-state index contributed by atoms with van der Waals surface area (Å²) >= 11 is 5.20. The second kappa shape index (κ2) is 6.95. The molecule has 108 valence electrons. The SMILES string of the molecule is Cc1ccc(/C(=N/NC(=S)N(C)C)c2ccccn2)cc1. The van der Waals surface area contributed by atoms with Crippen molar-refractivity contribution < 1.29 is 0 Å². The average molecular weight is 298 g/mol. The molecule has 1 aromatic carbocycles. The summed E-state index contributed by atoms with van der Waals surface area (Å²) in [5.41, 5.74) is 6.66. The highest BCUT2D eigenvalue weighted by Gasteiger charge is 2.09. The van der Waals surface area contributed by atoms with Gasteiger partial charge in [-0.25, -0.2) is 0 Å². The molecule has 0 unspecified atom stereocenters. The second-order valence-electron chi connectivity index (χ2n) is 4.85. The number of nitrogens with zero attached hydrogens (tertiary/aromatic N) is 3. The Bertz CT molecular complexity index is 633. The summed E-state index contributed by atoms with van der Waals surface area (Å²) in [4.78, 5) is 6.17. The van der Waals surface area contributed by atoms with Crippen molar-refractivity contribution in [1.29, 1.82) is 0 Å². The maximum absolute atomic E-state index is 5.20. The van der Waals surface area contributed by atoms with Gasteiger partial charge in [-0.3, -0.25) is 10.4 Å². The molecular formula is C16H18N4S. The molecular weight excluding hydrogens is 280 g/mol. The van der Waals surface area contributed by atoms with Gasteiger partial charge in [-0.15, -0.1) is 0 Å². The highest BCUT2D eigenvalue weighted by Crippen LogP contribution is 2.10. The molecule has 0 saturated heterocycles. The normalized spacial score (nSPS) is 11.1. The minimum atomic E-state index is 0.551. The van der Waals surface area contributed by atoms with Gasteiger partial charge in [-0.1, -0.05) is 35.9 Å². The van der Waals surface area contributed by atoms with Crippen LogP contribution in [-0.4, -0.2) is 34.8 Å². The number of benzene rings is 1. The second-order valence-corrected chi connectivity index (χ2v) is 5.24. The van der Waals surface area contributed by atoms with Crippen molar-refractivity contribution in [2.75, 3.05) is 14.1 Å². The molecule has 4 nitrogen and oxygen atoms in total. The fraction of sp³-hybridized carbons (Fsp3) is 0.188. The summed E-state index contributed by atoms with van der Waals surface area (Å²) in [7, 11) is 3.74. The molecule has 1 heterocycles. The molecule has 0 spiro atoms. The predicted octanol–water partition coefficient (Wildman–Crippen LogP) is 2.58. The third-order valence-corrected chi connectivity index (χ3v) is 3.36. The van der Waals surface area contributed by atoms with E-state index in [1.54, 1.807) is 11.1 Å². The monoisotopic (exact) mass is 298 g/mol. The molecule has 2 rings (SSSR count). The molecule has 0 saturated carbocycles. The number of pyridine rings is 1. The van der Waals surface area contributed by atoms with Crippen LogP contribution < -0.4 is 5.43 Å². The molecule has 0 amide bonds. The number of hydrazone groups is 1. The summed E-state index contributed by atoms with van der Waals surface area (Å²) in [5.74, 6) is 0. The summed E-state index contributed by atoms with van der Waals surface area (Å²) in [6.45, 7) is 2.06. The molecule has 0 fully saturated rings. The standard InChI is InChI=1S/C16H18N4S/c1-12-7-9-13(10-8-12)15(14-6-4-5-11-17-14)18-19-16(21)20(2)3/h4-11H,1-3H3,(H,19,21)/b18-15-. The van der Waals surface area contributed by atoms with E-state index in [2.05, 4.69) is 34.6 Å². The maximum Gasteiger partial charge on any atom is 0.189 e. The van der Waals surface area contributed by atoms with Crippen molar-refractivity contribution in [2.45, 2.75) is 6.92 Å². The highest BCUT2D eigenvalue weighted by atomic mass is 32.1. The van der Waals surface area contributed by atoms with E-state index in [9.17, 15) is 0 Å². The lowest BCUT2D eigenvalue weighted by Gasteiger charge is -2.13. The minimum Gasteiger partial charge on any atom is -0.354 e. The number of aryl methyl sites for hydroxylation is 1. The molecule has 1 aromatic heterocycles. The zero-order valence-corrected chi connectivity index (χ0v) is 13.2. The van der Waals surface area contributed by atoms with Gasteiger partial charge in [0.05, 0.1) is 5.69 Å². The van der Waals surface area contributed by atoms with Crippen molar-refractivity contribution in [3.63, 3.8) is 0 Å². The van der Waals surface area contributed by atoms with Gasteiger partial charge in [0.25, 0.3) is 0 Å². The number of hydrogen-bond acceptors (Lipinski definition) is 3. The first-order valence-corrected chi connectivity index (χ1v) is 7.02. The Balaban J connectivity index is 2.37. The zero-order valence-electron chi connectivity index (χ0n) is 12.4. The van der Waals surface area contributed by atoms with Crippen molar-refractivity contribution in [3.05, 3.63) is 65.5 Å². The number of nitrogens with one attached hydrogen (secondary N) is 1. The fourth-order valence-corrected chi connectivity index (χ4v) is 1.73. The summed E-state index contributed by atoms with van der Waals surface area (Å²) in [6.07, 6.45) is 1.75. The third-order valence-electron chi connectivity index (χ3n) is 2.90. The lowest BCUT2D eigenvalue weighted by Crippen LogP contribution is -2.31. The van der Waals surface area contributed by atoms with Gasteiger partial charge in [0.2, 0.25) is 0 Å². The van der Waals surface area contributed by atoms with Gasteiger partial charge in [0.15, 0.2) is 5.11 Å². The average Bonchev–Trinajstić information content (AvgIpc) is 2.50. The fourth-order valence-electron chi connectivity index (χ4n) is 1.69. The van der Waals surface area contributed by atoms with Gasteiger partial charge in [0, 0.05) is 25.9 Å². The molecule has 21 heavy (non-hydrogen) atoms. The van der Waals surface area contributed by atoms with Crippen molar-refractivity contribution in [3.8, 4) is 0 Å². The Morgan fingerprint density at radius 2 is 1.86 bits per heavy atom. The van der Waals surface area contributed by atoms with Crippen molar-refractivity contribution >= 4 is 23.0 Å². The Morgan fingerprint density at radius 3 is 2.43 bits per heavy atom. The van der Waals surface area contributed by atoms with Gasteiger partial charge < -0.3 is 4.90 Å². The van der Waals surface area contributed by atoms with E-state index in [0.29, 0.717) is 5.11 Å². The van der Waals surface area contributed by atoms with Crippen LogP contribution in [0.25, 0.3) is 0 Å². The van der Waals surface area contributed by atoms with Crippen molar-refractivity contribution in [2.24, 2.45) is 5.10 Å². The summed E-state index contributed by atoms with van der Waals surface area (Å²) in [5, 5.41) is 4.99. The van der Waals surface area contributed by atoms with E-state index in [4.69, 9.17) is 12.2 Å². The first-order chi connectivity index (χ1) is 10.1. The number of aromatic nitrogens is 1. The first-order valence-electron chi connectivity index (χ1n) is 6.61. The summed E-state index contributed by atoms with van der Waals surface area (Å²) < 4.78 is 0. The number of thiocarbonyl (C=S) groups is 1. The number of hydrogen-bond donors (Lipinski definition) is 1. The number of rotatable bonds is 3. The van der Waals surface area contributed by atoms with Gasteiger partial charge in [-0.05, 0) is 31.3 Å². The largest absolute Gasteiger partial charge is 0.354 e. The van der Waals surface area contributed by atoms with Gasteiger partial charge in [-0.2, -0.15) is 5.10 Å². The molecule has 0 aliphatic heterocycles. The van der Waals surface area contributed by atoms with Crippen LogP contribution in [-0.2, 0) is 0 Å². The third kappa shape index (κ3) is 4.10. The van der Waals surface area contributed by atoms with E-state index in [-0.39, 0.29) is 0 Å². The Labute approximate surface area is 130 Å². The van der Waals surface area contributed by atoms with Gasteiger partial charge in [0.1, 0.15) is 5.71 Å². The molecule has 0 atom stereocenters. The Hall–Kier alpha value is -2.27. The topological polar surface area (TPSA) is 40.5 Å². The van der Waals surface area contributed by atoms with Crippen LogP contribution in [0.5, 0.6) is 0 Å². The molecule has 1 N–H and O–H groups in total. The van der Waals surface area contributed by atoms with Crippen LogP contribution in [0.3, 0.4) is 0 Å². The van der Waals surface area contributed by atoms with E-state index in [0.717, 1.165) is 17.0 Å². The molecule has 5 heteroatoms. The quantitative estimate of drug-likeness (QED) is 0.537. The molecule has 0 aliphatic rings. The van der Waals surface area contributed by atoms with E-state index in [1.165, 1.54) is 5.56 Å². The predicted molar refractivity (Wildman–Crippen MR) is 90.5 cm³/mol. The zero-order chi connectivity index (χ0) is 15.2. The van der Waals surface area contributed by atoms with Crippen LogP contribution in [0, 0.1) is 6.92 Å². The Morgan fingerprint density at radius 1 is 1.14 bits per heavy atom. The lowest BCUT2D eigenvalue weighted by molar-refractivity contribution is 0.606. The smallest absolute Gasteiger partial charge is 0.189 e. The Kier molecular flexibility index (Phi) is 5.00. The van der Waals surface area contributed by atoms with Crippen LogP contribution in [0.15, 0.2) is 53.8 Å². The van der Waals surface area contributed by atoms with Crippen LogP contribution >= 0.6 is 12.2 Å².